The summed E-state index contributed by atoms with van der Waals surface area (Å²) in [6.45, 7) is 2.49. The van der Waals surface area contributed by atoms with Gasteiger partial charge in [0.2, 0.25) is 0 Å². The van der Waals surface area contributed by atoms with Crippen LogP contribution < -0.4 is 0 Å². The second-order valence-electron chi connectivity index (χ2n) is 9.69. The molecule has 0 unspecified atom stereocenters. The van der Waals surface area contributed by atoms with Crippen molar-refractivity contribution in [3.63, 3.8) is 0 Å². The Kier molecular flexibility index (Phi) is 12.5. The van der Waals surface area contributed by atoms with Crippen LogP contribution in [0.25, 0.3) is 0 Å². The number of aliphatic hydroxyl groups is 1. The molecule has 7 heteroatoms. The number of methoxy groups -OCH3 is 1. The van der Waals surface area contributed by atoms with Gasteiger partial charge in [0.25, 0.3) is 0 Å². The Morgan fingerprint density at radius 3 is 2.20 bits per heavy atom. The van der Waals surface area contributed by atoms with Gasteiger partial charge in [-0.05, 0) is 6.42 Å². The van der Waals surface area contributed by atoms with Crippen LogP contribution in [0.2, 0.25) is 0 Å². The third kappa shape index (κ3) is 8.83. The predicted octanol–water partition coefficient (Wildman–Crippen LogP) is 5.45. The van der Waals surface area contributed by atoms with Crippen LogP contribution in [-0.2, 0) is 28.5 Å². The molecule has 0 saturated carbocycles. The van der Waals surface area contributed by atoms with Crippen LogP contribution >= 0.6 is 0 Å². The summed E-state index contributed by atoms with van der Waals surface area (Å²) in [6.07, 6.45) is 9.05. The van der Waals surface area contributed by atoms with E-state index in [0.29, 0.717) is 6.42 Å². The summed E-state index contributed by atoms with van der Waals surface area (Å²) < 4.78 is 28.7. The number of unbranched alkanes of at least 4 members (excludes halogenated alkanes) is 10. The molecule has 198 valence electrons. The van der Waals surface area contributed by atoms with Crippen LogP contribution in [0.4, 0.5) is 0 Å². The zero-order chi connectivity index (χ0) is 24.9. The molecule has 2 fully saturated rings. The molecular formula is C28H44O7. The van der Waals surface area contributed by atoms with Crippen LogP contribution in [0.5, 0.6) is 0 Å². The van der Waals surface area contributed by atoms with Gasteiger partial charge in [0.05, 0.1) is 6.61 Å². The number of rotatable bonds is 15. The fourth-order valence-corrected chi connectivity index (χ4v) is 4.81. The quantitative estimate of drug-likeness (QED) is 0.258. The number of hydrogen-bond acceptors (Lipinski definition) is 7. The van der Waals surface area contributed by atoms with Gasteiger partial charge in [-0.3, -0.25) is 4.79 Å². The molecule has 1 N–H and O–H groups in total. The molecule has 0 spiro atoms. The first kappa shape index (κ1) is 28.1. The first-order chi connectivity index (χ1) is 17.1. The zero-order valence-electron chi connectivity index (χ0n) is 21.4. The highest BCUT2D eigenvalue weighted by molar-refractivity contribution is 5.69. The molecule has 2 aliphatic heterocycles. The maximum atomic E-state index is 12.5. The van der Waals surface area contributed by atoms with E-state index in [9.17, 15) is 9.90 Å². The standard InChI is InChI=1S/C28H44O7/c1-3-4-5-6-7-8-9-10-11-12-16-19-23(29)34-26-24(30)25-22(33-28(26)31-2)20-32-27(35-25)21-17-14-13-15-18-21/h13-15,17-18,22,24-28,30H,3-12,16,19-20H2,1-2H3/t22-,24+,25-,26-,27-,28+/m1/s1. The highest BCUT2D eigenvalue weighted by Crippen LogP contribution is 2.35. The lowest BCUT2D eigenvalue weighted by Crippen LogP contribution is -2.63. The molecule has 0 aromatic heterocycles. The smallest absolute Gasteiger partial charge is 0.306 e. The zero-order valence-corrected chi connectivity index (χ0v) is 21.4. The molecule has 1 aromatic rings. The maximum absolute atomic E-state index is 12.5. The number of carbonyl (C=O) groups is 1. The number of carbonyl (C=O) groups excluding carboxylic acids is 1. The lowest BCUT2D eigenvalue weighted by molar-refractivity contribution is -0.358. The number of benzene rings is 1. The summed E-state index contributed by atoms with van der Waals surface area (Å²) in [5.74, 6) is -0.347. The van der Waals surface area contributed by atoms with E-state index in [2.05, 4.69) is 6.92 Å². The summed E-state index contributed by atoms with van der Waals surface area (Å²) in [5, 5.41) is 11.0. The summed E-state index contributed by atoms with van der Waals surface area (Å²) in [5.41, 5.74) is 0.858. The van der Waals surface area contributed by atoms with E-state index in [0.717, 1.165) is 24.8 Å². The Balaban J connectivity index is 1.37. The number of hydrogen-bond donors (Lipinski definition) is 1. The van der Waals surface area contributed by atoms with Crippen molar-refractivity contribution in [1.82, 2.24) is 0 Å². The number of aliphatic hydroxyl groups excluding tert-OH is 1. The van der Waals surface area contributed by atoms with Crippen molar-refractivity contribution in [2.75, 3.05) is 13.7 Å². The molecule has 0 bridgehead atoms. The number of esters is 1. The van der Waals surface area contributed by atoms with Gasteiger partial charge in [0.1, 0.15) is 18.3 Å². The van der Waals surface area contributed by atoms with E-state index in [1.54, 1.807) is 0 Å². The molecule has 2 aliphatic rings. The molecule has 0 aliphatic carbocycles. The predicted molar refractivity (Wildman–Crippen MR) is 133 cm³/mol. The first-order valence-corrected chi connectivity index (χ1v) is 13.5. The molecule has 3 rings (SSSR count). The molecule has 6 atom stereocenters. The fourth-order valence-electron chi connectivity index (χ4n) is 4.81. The Morgan fingerprint density at radius 2 is 1.57 bits per heavy atom. The van der Waals surface area contributed by atoms with Crippen LogP contribution in [-0.4, -0.2) is 55.5 Å². The summed E-state index contributed by atoms with van der Waals surface area (Å²) in [6, 6.07) is 9.54. The minimum Gasteiger partial charge on any atom is -0.454 e. The third-order valence-electron chi connectivity index (χ3n) is 6.87. The van der Waals surface area contributed by atoms with Crippen LogP contribution in [0.3, 0.4) is 0 Å². The topological polar surface area (TPSA) is 83.5 Å². The number of fused-ring (bicyclic) bond motifs is 1. The fraction of sp³-hybridized carbons (Fsp3) is 0.750. The second kappa shape index (κ2) is 15.6. The third-order valence-corrected chi connectivity index (χ3v) is 6.87. The second-order valence-corrected chi connectivity index (χ2v) is 9.69. The lowest BCUT2D eigenvalue weighted by atomic mass is 9.97. The summed E-state index contributed by atoms with van der Waals surface area (Å²) in [7, 11) is 1.47. The average molecular weight is 493 g/mol. The molecule has 2 saturated heterocycles. The van der Waals surface area contributed by atoms with Gasteiger partial charge in [-0.15, -0.1) is 0 Å². The minimum absolute atomic E-state index is 0.251. The van der Waals surface area contributed by atoms with Crippen LogP contribution in [0.15, 0.2) is 30.3 Å². The maximum Gasteiger partial charge on any atom is 0.306 e. The summed E-state index contributed by atoms with van der Waals surface area (Å²) in [4.78, 5) is 12.5. The Bertz CT molecular complexity index is 713. The molecule has 0 amide bonds. The Hall–Kier alpha value is -1.51. The van der Waals surface area contributed by atoms with Gasteiger partial charge >= 0.3 is 5.97 Å². The van der Waals surface area contributed by atoms with Crippen molar-refractivity contribution < 1.29 is 33.6 Å². The summed E-state index contributed by atoms with van der Waals surface area (Å²) >= 11 is 0. The average Bonchev–Trinajstić information content (AvgIpc) is 2.89. The molecule has 35 heavy (non-hydrogen) atoms. The van der Waals surface area contributed by atoms with Gasteiger partial charge < -0.3 is 28.8 Å². The van der Waals surface area contributed by atoms with Crippen molar-refractivity contribution in [2.45, 2.75) is 121 Å². The van der Waals surface area contributed by atoms with Gasteiger partial charge in [-0.2, -0.15) is 0 Å². The van der Waals surface area contributed by atoms with Crippen LogP contribution in [0, 0.1) is 0 Å². The number of ether oxygens (including phenoxy) is 5. The van der Waals surface area contributed by atoms with E-state index >= 15 is 0 Å². The van der Waals surface area contributed by atoms with Gasteiger partial charge in [-0.25, -0.2) is 0 Å². The first-order valence-electron chi connectivity index (χ1n) is 13.5. The normalized spacial score (nSPS) is 28.4. The van der Waals surface area contributed by atoms with Gasteiger partial charge in [0.15, 0.2) is 18.7 Å². The lowest BCUT2D eigenvalue weighted by Gasteiger charge is -2.46. The van der Waals surface area contributed by atoms with E-state index < -0.39 is 37.0 Å². The van der Waals surface area contributed by atoms with Crippen molar-refractivity contribution in [3.8, 4) is 0 Å². The molecule has 1 aromatic carbocycles. The molecule has 2 heterocycles. The van der Waals surface area contributed by atoms with Crippen molar-refractivity contribution in [2.24, 2.45) is 0 Å². The van der Waals surface area contributed by atoms with Crippen LogP contribution in [0.1, 0.15) is 95.8 Å². The van der Waals surface area contributed by atoms with Crippen molar-refractivity contribution >= 4 is 5.97 Å². The van der Waals surface area contributed by atoms with Gasteiger partial charge in [0, 0.05) is 19.1 Å². The highest BCUT2D eigenvalue weighted by atomic mass is 16.8. The SMILES string of the molecule is CCCCCCCCCCCCCC(=O)O[C@H]1[C@@H](OC)O[C@@H]2CO[C@@H](c3ccccc3)O[C@H]2[C@@H]1O. The van der Waals surface area contributed by atoms with E-state index in [1.165, 1.54) is 58.5 Å². The molecule has 0 radical (unpaired) electrons. The van der Waals surface area contributed by atoms with E-state index in [4.69, 9.17) is 23.7 Å². The van der Waals surface area contributed by atoms with Crippen molar-refractivity contribution in [3.05, 3.63) is 35.9 Å². The van der Waals surface area contributed by atoms with E-state index in [-0.39, 0.29) is 12.6 Å². The highest BCUT2D eigenvalue weighted by Gasteiger charge is 2.51. The molecular weight excluding hydrogens is 448 g/mol. The largest absolute Gasteiger partial charge is 0.454 e. The Morgan fingerprint density at radius 1 is 0.943 bits per heavy atom. The monoisotopic (exact) mass is 492 g/mol. The van der Waals surface area contributed by atoms with E-state index in [1.807, 2.05) is 30.3 Å². The Labute approximate surface area is 210 Å². The molecule has 7 nitrogen and oxygen atoms in total. The van der Waals surface area contributed by atoms with Gasteiger partial charge in [-0.1, -0.05) is 101 Å². The minimum atomic E-state index is -1.07. The van der Waals surface area contributed by atoms with Crippen molar-refractivity contribution in [1.29, 1.82) is 0 Å².